The fourth-order valence-corrected chi connectivity index (χ4v) is 4.08. The maximum absolute atomic E-state index is 12.8. The molecule has 136 valence electrons. The number of aromatic amines is 2. The molecule has 7 heteroatoms. The van der Waals surface area contributed by atoms with Crippen LogP contribution in [0.15, 0.2) is 24.4 Å². The van der Waals surface area contributed by atoms with Crippen molar-refractivity contribution in [3.05, 3.63) is 41.1 Å². The smallest absolute Gasteiger partial charge is 0.253 e. The van der Waals surface area contributed by atoms with Crippen molar-refractivity contribution in [2.75, 3.05) is 26.2 Å². The van der Waals surface area contributed by atoms with Crippen LogP contribution in [0.25, 0.3) is 22.3 Å². The molecule has 3 heterocycles. The van der Waals surface area contributed by atoms with Crippen LogP contribution < -0.4 is 5.32 Å². The Bertz CT molecular complexity index is 954. The number of nitrogens with zero attached hydrogens (tertiary/aromatic N) is 2. The zero-order chi connectivity index (χ0) is 16.8. The summed E-state index contributed by atoms with van der Waals surface area (Å²) in [5.41, 5.74) is 6.66. The minimum atomic E-state index is 0. The highest BCUT2D eigenvalue weighted by molar-refractivity contribution is 6.00. The lowest BCUT2D eigenvalue weighted by molar-refractivity contribution is 0.0736. The molecule has 0 bridgehead atoms. The number of benzene rings is 1. The summed E-state index contributed by atoms with van der Waals surface area (Å²) in [7, 11) is 0. The molecule has 3 N–H and O–H groups in total. The second kappa shape index (κ2) is 6.78. The number of H-pyrrole nitrogens is 2. The van der Waals surface area contributed by atoms with Crippen LogP contribution in [-0.2, 0) is 12.8 Å². The molecule has 3 aromatic rings. The lowest BCUT2D eigenvalue weighted by Gasteiger charge is -2.27. The Balaban J connectivity index is 0.00000168. The largest absolute Gasteiger partial charge is 0.353 e. The second-order valence-corrected chi connectivity index (χ2v) is 6.90. The van der Waals surface area contributed by atoms with E-state index < -0.39 is 0 Å². The maximum atomic E-state index is 12.8. The number of aromatic nitrogens is 3. The zero-order valence-corrected chi connectivity index (χ0v) is 15.3. The first-order chi connectivity index (χ1) is 12.3. The number of amides is 1. The van der Waals surface area contributed by atoms with E-state index in [4.69, 9.17) is 0 Å². The third kappa shape index (κ3) is 2.70. The lowest BCUT2D eigenvalue weighted by Crippen LogP contribution is -2.46. The van der Waals surface area contributed by atoms with Crippen LogP contribution in [0.5, 0.6) is 0 Å². The Kier molecular flexibility index (Phi) is 4.46. The standard InChI is InChI=1S/C19H21N5O.ClH/c25-19(24-8-6-20-7-9-24)12-4-5-16-15(10-12)14-3-1-2-13-11-21-23-17(13)18(14)22-16;/h4-5,10-11,20,22H,1-3,6-9H2,(H,21,23);1H. The van der Waals surface area contributed by atoms with Gasteiger partial charge in [-0.15, -0.1) is 12.4 Å². The van der Waals surface area contributed by atoms with Gasteiger partial charge in [0, 0.05) is 42.6 Å². The van der Waals surface area contributed by atoms with E-state index in [1.807, 2.05) is 23.2 Å². The Morgan fingerprint density at radius 2 is 1.96 bits per heavy atom. The Morgan fingerprint density at radius 3 is 2.81 bits per heavy atom. The van der Waals surface area contributed by atoms with Crippen LogP contribution in [0, 0.1) is 0 Å². The lowest BCUT2D eigenvalue weighted by atomic mass is 10.0. The van der Waals surface area contributed by atoms with E-state index in [1.165, 1.54) is 16.5 Å². The summed E-state index contributed by atoms with van der Waals surface area (Å²) in [4.78, 5) is 18.3. The van der Waals surface area contributed by atoms with E-state index in [-0.39, 0.29) is 18.3 Å². The highest BCUT2D eigenvalue weighted by atomic mass is 35.5. The number of carbonyl (C=O) groups excluding carboxylic acids is 1. The number of carbonyl (C=O) groups is 1. The predicted octanol–water partition coefficient (Wildman–Crippen LogP) is 2.51. The van der Waals surface area contributed by atoms with Gasteiger partial charge in [-0.25, -0.2) is 0 Å². The number of fused-ring (bicyclic) bond motifs is 5. The average Bonchev–Trinajstić information content (AvgIpc) is 3.22. The van der Waals surface area contributed by atoms with Crippen molar-refractivity contribution in [1.82, 2.24) is 25.4 Å². The van der Waals surface area contributed by atoms with Crippen molar-refractivity contribution in [2.45, 2.75) is 19.3 Å². The predicted molar refractivity (Wildman–Crippen MR) is 104 cm³/mol. The van der Waals surface area contributed by atoms with Crippen LogP contribution >= 0.6 is 12.4 Å². The SMILES string of the molecule is Cl.O=C(c1ccc2[nH]c3c(c2c1)CCCc1cn[nH]c1-3)N1CCNCC1. The molecule has 1 aliphatic heterocycles. The van der Waals surface area contributed by atoms with E-state index in [9.17, 15) is 4.79 Å². The molecular formula is C19H22ClN5O. The summed E-state index contributed by atoms with van der Waals surface area (Å²) >= 11 is 0. The van der Waals surface area contributed by atoms with Crippen LogP contribution in [0.4, 0.5) is 0 Å². The van der Waals surface area contributed by atoms with Crippen LogP contribution in [-0.4, -0.2) is 52.2 Å². The first kappa shape index (κ1) is 17.1. The molecule has 0 atom stereocenters. The van der Waals surface area contributed by atoms with Gasteiger partial charge in [-0.05, 0) is 48.6 Å². The molecule has 5 rings (SSSR count). The van der Waals surface area contributed by atoms with E-state index >= 15 is 0 Å². The van der Waals surface area contributed by atoms with E-state index in [2.05, 4.69) is 26.6 Å². The minimum Gasteiger partial charge on any atom is -0.353 e. The summed E-state index contributed by atoms with van der Waals surface area (Å²) in [5.74, 6) is 0.134. The quantitative estimate of drug-likeness (QED) is 0.615. The van der Waals surface area contributed by atoms with Gasteiger partial charge in [0.25, 0.3) is 5.91 Å². The third-order valence-electron chi connectivity index (χ3n) is 5.40. The van der Waals surface area contributed by atoms with Crippen LogP contribution in [0.2, 0.25) is 0 Å². The second-order valence-electron chi connectivity index (χ2n) is 6.90. The fourth-order valence-electron chi connectivity index (χ4n) is 4.08. The fraction of sp³-hybridized carbons (Fsp3) is 0.368. The normalized spacial score (nSPS) is 16.5. The van der Waals surface area contributed by atoms with Crippen molar-refractivity contribution in [3.63, 3.8) is 0 Å². The summed E-state index contributed by atoms with van der Waals surface area (Å²) in [6, 6.07) is 6.04. The summed E-state index contributed by atoms with van der Waals surface area (Å²) in [5, 5.41) is 11.8. The number of piperazine rings is 1. The van der Waals surface area contributed by atoms with Crippen LogP contribution in [0.1, 0.15) is 27.9 Å². The van der Waals surface area contributed by atoms with Gasteiger partial charge in [-0.1, -0.05) is 0 Å². The van der Waals surface area contributed by atoms with Crippen molar-refractivity contribution in [1.29, 1.82) is 0 Å². The molecule has 2 aliphatic rings. The maximum Gasteiger partial charge on any atom is 0.253 e. The van der Waals surface area contributed by atoms with Gasteiger partial charge in [0.1, 0.15) is 0 Å². The summed E-state index contributed by atoms with van der Waals surface area (Å²) in [6.45, 7) is 3.30. The molecule has 0 radical (unpaired) electrons. The van der Waals surface area contributed by atoms with Gasteiger partial charge < -0.3 is 15.2 Å². The van der Waals surface area contributed by atoms with Crippen molar-refractivity contribution in [2.24, 2.45) is 0 Å². The topological polar surface area (TPSA) is 76.8 Å². The van der Waals surface area contributed by atoms with Crippen LogP contribution in [0.3, 0.4) is 0 Å². The molecule has 26 heavy (non-hydrogen) atoms. The highest BCUT2D eigenvalue weighted by Gasteiger charge is 2.23. The van der Waals surface area contributed by atoms with E-state index in [1.54, 1.807) is 0 Å². The van der Waals surface area contributed by atoms with Gasteiger partial charge in [0.15, 0.2) is 0 Å². The van der Waals surface area contributed by atoms with Crippen molar-refractivity contribution >= 4 is 29.2 Å². The van der Waals surface area contributed by atoms with Crippen molar-refractivity contribution in [3.8, 4) is 11.4 Å². The Labute approximate surface area is 157 Å². The number of aryl methyl sites for hydroxylation is 2. The van der Waals surface area contributed by atoms with Gasteiger partial charge in [-0.3, -0.25) is 9.89 Å². The third-order valence-corrected chi connectivity index (χ3v) is 5.40. The zero-order valence-electron chi connectivity index (χ0n) is 14.5. The molecule has 0 unspecified atom stereocenters. The van der Waals surface area contributed by atoms with E-state index in [0.717, 1.165) is 67.9 Å². The van der Waals surface area contributed by atoms with Crippen molar-refractivity contribution < 1.29 is 4.79 Å². The number of hydrogen-bond acceptors (Lipinski definition) is 3. The molecule has 0 saturated carbocycles. The molecule has 1 fully saturated rings. The Hall–Kier alpha value is -2.31. The molecule has 1 amide bonds. The van der Waals surface area contributed by atoms with E-state index in [0.29, 0.717) is 0 Å². The molecular weight excluding hydrogens is 350 g/mol. The molecule has 6 nitrogen and oxygen atoms in total. The summed E-state index contributed by atoms with van der Waals surface area (Å²) in [6.07, 6.45) is 5.08. The first-order valence-corrected chi connectivity index (χ1v) is 8.98. The first-order valence-electron chi connectivity index (χ1n) is 8.98. The Morgan fingerprint density at radius 1 is 1.12 bits per heavy atom. The summed E-state index contributed by atoms with van der Waals surface area (Å²) < 4.78 is 0. The van der Waals surface area contributed by atoms with Gasteiger partial charge in [0.05, 0.1) is 17.6 Å². The molecule has 2 aromatic heterocycles. The van der Waals surface area contributed by atoms with Gasteiger partial charge in [-0.2, -0.15) is 5.10 Å². The molecule has 1 aliphatic carbocycles. The number of hydrogen-bond donors (Lipinski definition) is 3. The monoisotopic (exact) mass is 371 g/mol. The van der Waals surface area contributed by atoms with Gasteiger partial charge >= 0.3 is 0 Å². The minimum absolute atomic E-state index is 0. The number of halogens is 1. The molecule has 0 spiro atoms. The number of nitrogens with one attached hydrogen (secondary N) is 3. The van der Waals surface area contributed by atoms with Gasteiger partial charge in [0.2, 0.25) is 0 Å². The average molecular weight is 372 g/mol. The highest BCUT2D eigenvalue weighted by Crippen LogP contribution is 2.35. The number of rotatable bonds is 1. The molecule has 1 saturated heterocycles. The molecule has 1 aromatic carbocycles.